The van der Waals surface area contributed by atoms with Crippen LogP contribution in [0.25, 0.3) is 5.69 Å². The minimum Gasteiger partial charge on any atom is -0.329 e. The fourth-order valence-electron chi connectivity index (χ4n) is 2.94. The second-order valence-corrected chi connectivity index (χ2v) is 5.05. The number of hydrogen-bond donors (Lipinski definition) is 1. The average molecular weight is 242 g/mol. The SMILES string of the molecule is NCC1(c2nncn2-c2ccccc2)CCCC1. The fraction of sp³-hybridized carbons (Fsp3) is 0.429. The lowest BCUT2D eigenvalue weighted by molar-refractivity contribution is 0.417. The van der Waals surface area contributed by atoms with Crippen molar-refractivity contribution in [2.45, 2.75) is 31.1 Å². The molecule has 94 valence electrons. The van der Waals surface area contributed by atoms with Gasteiger partial charge in [-0.2, -0.15) is 0 Å². The Balaban J connectivity index is 2.06. The molecule has 0 spiro atoms. The summed E-state index contributed by atoms with van der Waals surface area (Å²) in [5.41, 5.74) is 7.15. The number of benzene rings is 1. The van der Waals surface area contributed by atoms with E-state index in [4.69, 9.17) is 5.73 Å². The van der Waals surface area contributed by atoms with Crippen molar-refractivity contribution in [1.29, 1.82) is 0 Å². The Kier molecular flexibility index (Phi) is 2.88. The molecule has 18 heavy (non-hydrogen) atoms. The van der Waals surface area contributed by atoms with Crippen molar-refractivity contribution in [1.82, 2.24) is 14.8 Å². The molecule has 1 aliphatic rings. The van der Waals surface area contributed by atoms with Gasteiger partial charge in [-0.15, -0.1) is 10.2 Å². The Morgan fingerprint density at radius 3 is 2.56 bits per heavy atom. The van der Waals surface area contributed by atoms with Crippen LogP contribution in [-0.2, 0) is 5.41 Å². The van der Waals surface area contributed by atoms with Crippen LogP contribution >= 0.6 is 0 Å². The standard InChI is InChI=1S/C14H18N4/c15-10-14(8-4-5-9-14)13-17-16-11-18(13)12-6-2-1-3-7-12/h1-3,6-7,11H,4-5,8-10,15H2. The van der Waals surface area contributed by atoms with Crippen molar-refractivity contribution in [3.8, 4) is 5.69 Å². The van der Waals surface area contributed by atoms with E-state index in [0.29, 0.717) is 6.54 Å². The average Bonchev–Trinajstić information content (AvgIpc) is 3.09. The third-order valence-corrected chi connectivity index (χ3v) is 4.01. The van der Waals surface area contributed by atoms with Crippen molar-refractivity contribution in [2.24, 2.45) is 5.73 Å². The van der Waals surface area contributed by atoms with Gasteiger partial charge in [0.2, 0.25) is 0 Å². The van der Waals surface area contributed by atoms with Crippen LogP contribution in [-0.4, -0.2) is 21.3 Å². The Bertz CT molecular complexity index is 512. The molecule has 0 amide bonds. The Hall–Kier alpha value is -1.68. The van der Waals surface area contributed by atoms with Crippen LogP contribution in [0.5, 0.6) is 0 Å². The zero-order valence-corrected chi connectivity index (χ0v) is 10.4. The molecule has 3 rings (SSSR count). The summed E-state index contributed by atoms with van der Waals surface area (Å²) in [6.45, 7) is 0.651. The quantitative estimate of drug-likeness (QED) is 0.896. The molecule has 4 heteroatoms. The van der Waals surface area contributed by atoms with E-state index in [9.17, 15) is 0 Å². The summed E-state index contributed by atoms with van der Waals surface area (Å²) < 4.78 is 2.08. The number of rotatable bonds is 3. The van der Waals surface area contributed by atoms with Gasteiger partial charge in [0.05, 0.1) is 0 Å². The van der Waals surface area contributed by atoms with Gasteiger partial charge < -0.3 is 5.73 Å². The van der Waals surface area contributed by atoms with E-state index in [1.807, 2.05) is 18.2 Å². The van der Waals surface area contributed by atoms with Gasteiger partial charge in [-0.1, -0.05) is 31.0 Å². The van der Waals surface area contributed by atoms with Crippen LogP contribution in [0.15, 0.2) is 36.7 Å². The summed E-state index contributed by atoms with van der Waals surface area (Å²) in [4.78, 5) is 0. The third kappa shape index (κ3) is 1.73. The molecule has 0 saturated heterocycles. The smallest absolute Gasteiger partial charge is 0.144 e. The van der Waals surface area contributed by atoms with Crippen LogP contribution in [0.3, 0.4) is 0 Å². The maximum atomic E-state index is 6.03. The van der Waals surface area contributed by atoms with Crippen LogP contribution < -0.4 is 5.73 Å². The van der Waals surface area contributed by atoms with Gasteiger partial charge >= 0.3 is 0 Å². The monoisotopic (exact) mass is 242 g/mol. The van der Waals surface area contributed by atoms with Gasteiger partial charge in [-0.25, -0.2) is 0 Å². The van der Waals surface area contributed by atoms with Gasteiger partial charge in [0.15, 0.2) is 0 Å². The minimum atomic E-state index is 0.0202. The molecule has 1 saturated carbocycles. The lowest BCUT2D eigenvalue weighted by atomic mass is 9.85. The molecule has 1 aromatic carbocycles. The summed E-state index contributed by atoms with van der Waals surface area (Å²) in [5, 5.41) is 8.44. The highest BCUT2D eigenvalue weighted by Crippen LogP contribution is 2.39. The zero-order valence-electron chi connectivity index (χ0n) is 10.4. The molecule has 2 N–H and O–H groups in total. The predicted molar refractivity (Wildman–Crippen MR) is 70.6 cm³/mol. The van der Waals surface area contributed by atoms with Crippen molar-refractivity contribution in [2.75, 3.05) is 6.54 Å². The first-order chi connectivity index (χ1) is 8.86. The summed E-state index contributed by atoms with van der Waals surface area (Å²) in [7, 11) is 0. The first-order valence-corrected chi connectivity index (χ1v) is 6.52. The molecule has 1 aliphatic carbocycles. The molecule has 1 heterocycles. The Morgan fingerprint density at radius 2 is 1.89 bits per heavy atom. The summed E-state index contributed by atoms with van der Waals surface area (Å²) in [6.07, 6.45) is 6.50. The lowest BCUT2D eigenvalue weighted by Gasteiger charge is -2.26. The van der Waals surface area contributed by atoms with Crippen LogP contribution in [0.1, 0.15) is 31.5 Å². The van der Waals surface area contributed by atoms with Gasteiger partial charge in [0.25, 0.3) is 0 Å². The highest BCUT2D eigenvalue weighted by atomic mass is 15.3. The number of para-hydroxylation sites is 1. The molecular formula is C14H18N4. The normalized spacial score (nSPS) is 18.1. The number of nitrogens with two attached hydrogens (primary N) is 1. The third-order valence-electron chi connectivity index (χ3n) is 4.01. The molecule has 2 aromatic rings. The van der Waals surface area contributed by atoms with Crippen LogP contribution in [0.2, 0.25) is 0 Å². The Labute approximate surface area is 107 Å². The zero-order chi connectivity index (χ0) is 12.4. The van der Waals surface area contributed by atoms with Gasteiger partial charge in [0, 0.05) is 17.6 Å². The van der Waals surface area contributed by atoms with Crippen molar-refractivity contribution >= 4 is 0 Å². The molecule has 0 radical (unpaired) electrons. The molecule has 0 aliphatic heterocycles. The predicted octanol–water partition coefficient (Wildman–Crippen LogP) is 2.04. The van der Waals surface area contributed by atoms with Crippen molar-refractivity contribution in [3.63, 3.8) is 0 Å². The minimum absolute atomic E-state index is 0.0202. The highest BCUT2D eigenvalue weighted by Gasteiger charge is 2.38. The van der Waals surface area contributed by atoms with Gasteiger partial charge in [0.1, 0.15) is 12.2 Å². The number of hydrogen-bond acceptors (Lipinski definition) is 3. The maximum absolute atomic E-state index is 6.03. The van der Waals surface area contributed by atoms with Crippen LogP contribution in [0.4, 0.5) is 0 Å². The van der Waals surface area contributed by atoms with Gasteiger partial charge in [-0.05, 0) is 25.0 Å². The molecule has 1 aromatic heterocycles. The first kappa shape index (κ1) is 11.4. The topological polar surface area (TPSA) is 56.7 Å². The second kappa shape index (κ2) is 4.53. The lowest BCUT2D eigenvalue weighted by Crippen LogP contribution is -2.35. The molecular weight excluding hydrogens is 224 g/mol. The van der Waals surface area contributed by atoms with E-state index in [2.05, 4.69) is 26.9 Å². The summed E-state index contributed by atoms with van der Waals surface area (Å²) >= 11 is 0. The van der Waals surface area contributed by atoms with Crippen molar-refractivity contribution in [3.05, 3.63) is 42.5 Å². The van der Waals surface area contributed by atoms with Crippen molar-refractivity contribution < 1.29 is 0 Å². The molecule has 0 unspecified atom stereocenters. The second-order valence-electron chi connectivity index (χ2n) is 5.05. The van der Waals surface area contributed by atoms with E-state index >= 15 is 0 Å². The largest absolute Gasteiger partial charge is 0.329 e. The first-order valence-electron chi connectivity index (χ1n) is 6.52. The van der Waals surface area contributed by atoms with Crippen LogP contribution in [0, 0.1) is 0 Å². The van der Waals surface area contributed by atoms with E-state index in [1.54, 1.807) is 6.33 Å². The maximum Gasteiger partial charge on any atom is 0.144 e. The number of nitrogens with zero attached hydrogens (tertiary/aromatic N) is 3. The molecule has 0 bridgehead atoms. The van der Waals surface area contributed by atoms with E-state index in [0.717, 1.165) is 24.4 Å². The van der Waals surface area contributed by atoms with E-state index < -0.39 is 0 Å². The van der Waals surface area contributed by atoms with Gasteiger partial charge in [-0.3, -0.25) is 4.57 Å². The summed E-state index contributed by atoms with van der Waals surface area (Å²) in [5.74, 6) is 1.02. The van der Waals surface area contributed by atoms with E-state index in [1.165, 1.54) is 12.8 Å². The molecule has 0 atom stereocenters. The highest BCUT2D eigenvalue weighted by molar-refractivity contribution is 5.34. The fourth-order valence-corrected chi connectivity index (χ4v) is 2.94. The molecule has 4 nitrogen and oxygen atoms in total. The van der Waals surface area contributed by atoms with E-state index in [-0.39, 0.29) is 5.41 Å². The number of aromatic nitrogens is 3. The summed E-state index contributed by atoms with van der Waals surface area (Å²) in [6, 6.07) is 10.2. The molecule has 1 fully saturated rings. The Morgan fingerprint density at radius 1 is 1.17 bits per heavy atom.